The van der Waals surface area contributed by atoms with Crippen LogP contribution in [0.5, 0.6) is 5.75 Å². The molecule has 3 rings (SSSR count). The molecule has 2 aromatic heterocycles. The normalized spacial score (nSPS) is 11.5. The number of hydroxylamine groups is 1. The third-order valence-corrected chi connectivity index (χ3v) is 4.89. The number of pyridine rings is 1. The van der Waals surface area contributed by atoms with Crippen LogP contribution in [0.3, 0.4) is 0 Å². The van der Waals surface area contributed by atoms with Crippen LogP contribution in [-0.2, 0) is 16.4 Å². The summed E-state index contributed by atoms with van der Waals surface area (Å²) in [7, 11) is -3.29. The van der Waals surface area contributed by atoms with Crippen LogP contribution >= 0.6 is 0 Å². The summed E-state index contributed by atoms with van der Waals surface area (Å²) < 4.78 is 30.6. The Balaban J connectivity index is 1.73. The summed E-state index contributed by atoms with van der Waals surface area (Å²) in [6, 6.07) is 11.4. The topological polar surface area (TPSA) is 111 Å². The van der Waals surface area contributed by atoms with Crippen molar-refractivity contribution in [1.29, 1.82) is 0 Å². The third-order valence-electron chi connectivity index (χ3n) is 3.78. The molecule has 3 aromatic rings. The van der Waals surface area contributed by atoms with Crippen LogP contribution in [0.25, 0.3) is 11.0 Å². The number of carbonyl (C=O) groups excluding carboxylic acids is 1. The molecule has 0 aliphatic heterocycles. The van der Waals surface area contributed by atoms with Crippen molar-refractivity contribution < 1.29 is 23.2 Å². The molecule has 0 atom stereocenters. The zero-order valence-corrected chi connectivity index (χ0v) is 14.7. The van der Waals surface area contributed by atoms with Crippen LogP contribution in [0, 0.1) is 0 Å². The zero-order chi connectivity index (χ0) is 18.7. The first-order chi connectivity index (χ1) is 12.4. The monoisotopic (exact) mass is 375 g/mol. The van der Waals surface area contributed by atoms with E-state index in [4.69, 9.17) is 9.94 Å². The number of hydrogen-bond acceptors (Lipinski definition) is 6. The third kappa shape index (κ3) is 3.84. The molecule has 136 valence electrons. The first-order valence-corrected chi connectivity index (χ1v) is 9.61. The van der Waals surface area contributed by atoms with E-state index < -0.39 is 15.7 Å². The van der Waals surface area contributed by atoms with Gasteiger partial charge in [-0.2, -0.15) is 0 Å². The molecule has 26 heavy (non-hydrogen) atoms. The minimum Gasteiger partial charge on any atom is -0.492 e. The van der Waals surface area contributed by atoms with Crippen molar-refractivity contribution in [2.24, 2.45) is 0 Å². The fourth-order valence-corrected chi connectivity index (χ4v) is 3.14. The van der Waals surface area contributed by atoms with Crippen molar-refractivity contribution in [3.05, 3.63) is 54.4 Å². The Morgan fingerprint density at radius 2 is 2.08 bits per heavy atom. The van der Waals surface area contributed by atoms with E-state index in [9.17, 15) is 13.2 Å². The lowest BCUT2D eigenvalue weighted by Crippen LogP contribution is -2.20. The number of aromatic nitrogens is 2. The van der Waals surface area contributed by atoms with Crippen molar-refractivity contribution in [2.45, 2.75) is 11.4 Å². The van der Waals surface area contributed by atoms with E-state index >= 15 is 0 Å². The number of amides is 1. The van der Waals surface area contributed by atoms with Crippen LogP contribution < -0.4 is 10.2 Å². The number of rotatable bonds is 6. The molecule has 0 saturated carbocycles. The lowest BCUT2D eigenvalue weighted by molar-refractivity contribution is 0.0701. The van der Waals surface area contributed by atoms with Crippen LogP contribution in [-0.4, -0.2) is 41.9 Å². The van der Waals surface area contributed by atoms with Crippen molar-refractivity contribution in [3.8, 4) is 5.75 Å². The van der Waals surface area contributed by atoms with Crippen LogP contribution in [0.1, 0.15) is 10.5 Å². The van der Waals surface area contributed by atoms with Gasteiger partial charge in [-0.1, -0.05) is 6.07 Å². The van der Waals surface area contributed by atoms with Crippen LogP contribution in [0.2, 0.25) is 0 Å². The van der Waals surface area contributed by atoms with Gasteiger partial charge in [0.15, 0.2) is 9.84 Å². The molecule has 0 aliphatic rings. The molecule has 0 fully saturated rings. The molecule has 9 heteroatoms. The Morgan fingerprint density at radius 3 is 2.81 bits per heavy atom. The van der Waals surface area contributed by atoms with E-state index in [1.54, 1.807) is 23.7 Å². The van der Waals surface area contributed by atoms with Crippen molar-refractivity contribution in [2.75, 3.05) is 12.9 Å². The highest BCUT2D eigenvalue weighted by Gasteiger charge is 2.10. The summed E-state index contributed by atoms with van der Waals surface area (Å²) in [6.07, 6.45) is 2.96. The molecule has 0 bridgehead atoms. The number of fused-ring (bicyclic) bond motifs is 1. The SMILES string of the molecule is CS(=O)(=O)c1cccc(OCCn2ccc3ccc(C(=O)NO)nc32)c1. The molecule has 0 spiro atoms. The van der Waals surface area contributed by atoms with Gasteiger partial charge in [0, 0.05) is 17.8 Å². The van der Waals surface area contributed by atoms with Gasteiger partial charge in [-0.05, 0) is 36.4 Å². The fraction of sp³-hybridized carbons (Fsp3) is 0.176. The second kappa shape index (κ2) is 7.14. The van der Waals surface area contributed by atoms with Gasteiger partial charge in [-0.15, -0.1) is 0 Å². The first kappa shape index (κ1) is 17.9. The fourth-order valence-electron chi connectivity index (χ4n) is 2.48. The Kier molecular flexibility index (Phi) is 4.92. The summed E-state index contributed by atoms with van der Waals surface area (Å²) in [5.41, 5.74) is 2.24. The van der Waals surface area contributed by atoms with Gasteiger partial charge in [0.05, 0.1) is 11.4 Å². The number of nitrogens with zero attached hydrogens (tertiary/aromatic N) is 2. The average Bonchev–Trinajstić information content (AvgIpc) is 3.03. The summed E-state index contributed by atoms with van der Waals surface area (Å²) in [5, 5.41) is 9.56. The summed E-state index contributed by atoms with van der Waals surface area (Å²) >= 11 is 0. The second-order valence-electron chi connectivity index (χ2n) is 5.65. The van der Waals surface area contributed by atoms with Gasteiger partial charge in [-0.3, -0.25) is 10.0 Å². The van der Waals surface area contributed by atoms with Gasteiger partial charge in [0.1, 0.15) is 23.7 Å². The van der Waals surface area contributed by atoms with Crippen LogP contribution in [0.15, 0.2) is 53.6 Å². The molecule has 1 amide bonds. The zero-order valence-electron chi connectivity index (χ0n) is 13.9. The Morgan fingerprint density at radius 1 is 1.27 bits per heavy atom. The molecule has 0 unspecified atom stereocenters. The molecule has 2 heterocycles. The molecular weight excluding hydrogens is 358 g/mol. The number of nitrogens with one attached hydrogen (secondary N) is 1. The summed E-state index contributed by atoms with van der Waals surface area (Å²) in [4.78, 5) is 15.9. The molecule has 0 saturated heterocycles. The van der Waals surface area contributed by atoms with Crippen molar-refractivity contribution in [1.82, 2.24) is 15.0 Å². The Hall–Kier alpha value is -2.91. The molecule has 0 radical (unpaired) electrons. The maximum Gasteiger partial charge on any atom is 0.293 e. The maximum absolute atomic E-state index is 11.6. The smallest absolute Gasteiger partial charge is 0.293 e. The molecule has 0 aliphatic carbocycles. The number of carbonyl (C=O) groups is 1. The van der Waals surface area contributed by atoms with E-state index in [0.29, 0.717) is 17.9 Å². The number of benzene rings is 1. The average molecular weight is 375 g/mol. The van der Waals surface area contributed by atoms with E-state index in [1.807, 2.05) is 16.8 Å². The number of sulfone groups is 1. The lowest BCUT2D eigenvalue weighted by Gasteiger charge is -2.09. The highest BCUT2D eigenvalue weighted by molar-refractivity contribution is 7.90. The molecular formula is C17H17N3O5S. The predicted octanol–water partition coefficient (Wildman–Crippen LogP) is 1.64. The predicted molar refractivity (Wildman–Crippen MR) is 94.0 cm³/mol. The summed E-state index contributed by atoms with van der Waals surface area (Å²) in [5.74, 6) is -0.230. The van der Waals surface area contributed by atoms with Crippen molar-refractivity contribution in [3.63, 3.8) is 0 Å². The van der Waals surface area contributed by atoms with E-state index in [-0.39, 0.29) is 17.2 Å². The Labute approximate surface area is 149 Å². The minimum atomic E-state index is -3.29. The van der Waals surface area contributed by atoms with Gasteiger partial charge >= 0.3 is 0 Å². The number of ether oxygens (including phenoxy) is 1. The minimum absolute atomic E-state index is 0.0988. The molecule has 2 N–H and O–H groups in total. The van der Waals surface area contributed by atoms with Crippen LogP contribution in [0.4, 0.5) is 0 Å². The van der Waals surface area contributed by atoms with E-state index in [0.717, 1.165) is 11.6 Å². The number of hydrogen-bond donors (Lipinski definition) is 2. The quantitative estimate of drug-likeness (QED) is 0.501. The highest BCUT2D eigenvalue weighted by atomic mass is 32.2. The van der Waals surface area contributed by atoms with Gasteiger partial charge in [0.25, 0.3) is 5.91 Å². The van der Waals surface area contributed by atoms with E-state index in [2.05, 4.69) is 4.98 Å². The second-order valence-corrected chi connectivity index (χ2v) is 7.67. The Bertz CT molecular complexity index is 1060. The first-order valence-electron chi connectivity index (χ1n) is 7.72. The van der Waals surface area contributed by atoms with Gasteiger partial charge in [0.2, 0.25) is 0 Å². The lowest BCUT2D eigenvalue weighted by atomic mass is 10.3. The highest BCUT2D eigenvalue weighted by Crippen LogP contribution is 2.18. The van der Waals surface area contributed by atoms with Gasteiger partial charge in [-0.25, -0.2) is 18.9 Å². The molecule has 8 nitrogen and oxygen atoms in total. The standard InChI is InChI=1S/C17H17N3O5S/c1-26(23,24)14-4-2-3-13(11-14)25-10-9-20-8-7-12-5-6-15(17(21)19-22)18-16(12)20/h2-8,11,22H,9-10H2,1H3,(H,19,21). The van der Waals surface area contributed by atoms with Gasteiger partial charge < -0.3 is 9.30 Å². The maximum atomic E-state index is 11.6. The largest absolute Gasteiger partial charge is 0.492 e. The van der Waals surface area contributed by atoms with E-state index in [1.165, 1.54) is 18.2 Å². The summed E-state index contributed by atoms with van der Waals surface area (Å²) in [6.45, 7) is 0.735. The van der Waals surface area contributed by atoms with Crippen molar-refractivity contribution >= 4 is 26.8 Å². The molecule has 1 aromatic carbocycles.